The summed E-state index contributed by atoms with van der Waals surface area (Å²) in [6.45, 7) is 3.30. The van der Waals surface area contributed by atoms with E-state index in [-0.39, 0.29) is 18.4 Å². The molecule has 0 aliphatic carbocycles. The monoisotopic (exact) mass is 405 g/mol. The van der Waals surface area contributed by atoms with Crippen LogP contribution in [0.2, 0.25) is 0 Å². The maximum Gasteiger partial charge on any atom is 0.279 e. The van der Waals surface area contributed by atoms with Crippen LogP contribution in [0.15, 0.2) is 71.7 Å². The Balaban J connectivity index is 1.95. The molecular weight excluding hydrogens is 382 g/mol. The highest BCUT2D eigenvalue weighted by Crippen LogP contribution is 2.26. The zero-order chi connectivity index (χ0) is 21.7. The molecule has 1 heterocycles. The molecule has 7 nitrogen and oxygen atoms in total. The fourth-order valence-corrected chi connectivity index (χ4v) is 3.28. The predicted octanol–water partition coefficient (Wildman–Crippen LogP) is 2.73. The molecule has 154 valence electrons. The van der Waals surface area contributed by atoms with E-state index in [0.29, 0.717) is 0 Å². The number of carbonyl (C=O) groups excluding carboxylic acids is 2. The molecule has 7 heteroatoms. The van der Waals surface area contributed by atoms with Crippen LogP contribution >= 0.6 is 0 Å². The van der Waals surface area contributed by atoms with Crippen LogP contribution in [0.25, 0.3) is 0 Å². The SMILES string of the molecule is CC(C)N(CC(=O)C(c1ccccc1)c1ccccc1)C(=O)c1n[nH]cc(O)c1=O. The molecule has 3 rings (SSSR count). The molecule has 0 saturated carbocycles. The van der Waals surface area contributed by atoms with Gasteiger partial charge in [-0.15, -0.1) is 0 Å². The molecule has 0 aliphatic heterocycles. The van der Waals surface area contributed by atoms with Crippen LogP contribution in [0.3, 0.4) is 0 Å². The molecule has 1 amide bonds. The summed E-state index contributed by atoms with van der Waals surface area (Å²) in [7, 11) is 0. The topological polar surface area (TPSA) is 103 Å². The van der Waals surface area contributed by atoms with E-state index < -0.39 is 28.7 Å². The van der Waals surface area contributed by atoms with E-state index in [0.717, 1.165) is 17.3 Å². The van der Waals surface area contributed by atoms with Gasteiger partial charge in [0.05, 0.1) is 18.7 Å². The number of nitrogens with zero attached hydrogens (tertiary/aromatic N) is 2. The molecule has 0 radical (unpaired) electrons. The van der Waals surface area contributed by atoms with Crippen LogP contribution < -0.4 is 5.43 Å². The lowest BCUT2D eigenvalue weighted by atomic mass is 9.87. The highest BCUT2D eigenvalue weighted by atomic mass is 16.3. The van der Waals surface area contributed by atoms with E-state index in [1.165, 1.54) is 4.90 Å². The highest BCUT2D eigenvalue weighted by Gasteiger charge is 2.30. The van der Waals surface area contributed by atoms with Gasteiger partial charge in [0, 0.05) is 6.04 Å². The molecule has 0 atom stereocenters. The second kappa shape index (κ2) is 9.17. The predicted molar refractivity (Wildman–Crippen MR) is 112 cm³/mol. The number of aromatic amines is 1. The van der Waals surface area contributed by atoms with E-state index in [1.807, 2.05) is 60.7 Å². The van der Waals surface area contributed by atoms with Crippen LogP contribution in [0, 0.1) is 0 Å². The number of hydrogen-bond donors (Lipinski definition) is 2. The largest absolute Gasteiger partial charge is 0.503 e. The Bertz CT molecular complexity index is 1040. The van der Waals surface area contributed by atoms with Crippen LogP contribution in [-0.4, -0.2) is 44.5 Å². The van der Waals surface area contributed by atoms with Crippen molar-refractivity contribution in [1.82, 2.24) is 15.1 Å². The molecule has 0 saturated heterocycles. The maximum atomic E-state index is 13.4. The van der Waals surface area contributed by atoms with E-state index in [2.05, 4.69) is 10.2 Å². The average molecular weight is 405 g/mol. The van der Waals surface area contributed by atoms with Crippen molar-refractivity contribution >= 4 is 11.7 Å². The third kappa shape index (κ3) is 4.46. The van der Waals surface area contributed by atoms with E-state index >= 15 is 0 Å². The second-order valence-electron chi connectivity index (χ2n) is 7.20. The number of amides is 1. The van der Waals surface area contributed by atoms with E-state index in [9.17, 15) is 19.5 Å². The Kier molecular flexibility index (Phi) is 6.41. The number of Topliss-reactive ketones (excluding diaryl/α,β-unsaturated/α-hetero) is 1. The molecule has 0 aliphatic rings. The van der Waals surface area contributed by atoms with Crippen molar-refractivity contribution in [2.75, 3.05) is 6.54 Å². The molecule has 0 bridgehead atoms. The lowest BCUT2D eigenvalue weighted by molar-refractivity contribution is -0.120. The Morgan fingerprint density at radius 2 is 1.53 bits per heavy atom. The summed E-state index contributed by atoms with van der Waals surface area (Å²) in [6, 6.07) is 18.3. The van der Waals surface area contributed by atoms with Crippen LogP contribution in [0.5, 0.6) is 5.75 Å². The van der Waals surface area contributed by atoms with Gasteiger partial charge >= 0.3 is 0 Å². The van der Waals surface area contributed by atoms with E-state index in [4.69, 9.17) is 0 Å². The lowest BCUT2D eigenvalue weighted by Gasteiger charge is -2.27. The fourth-order valence-electron chi connectivity index (χ4n) is 3.28. The van der Waals surface area contributed by atoms with Gasteiger partial charge in [0.1, 0.15) is 0 Å². The van der Waals surface area contributed by atoms with Crippen LogP contribution in [0.4, 0.5) is 0 Å². The first-order valence-corrected chi connectivity index (χ1v) is 9.60. The van der Waals surface area contributed by atoms with Gasteiger partial charge in [-0.05, 0) is 25.0 Å². The number of carbonyl (C=O) groups is 2. The number of hydrogen-bond acceptors (Lipinski definition) is 5. The molecule has 0 spiro atoms. The zero-order valence-electron chi connectivity index (χ0n) is 16.8. The van der Waals surface area contributed by atoms with Gasteiger partial charge in [0.25, 0.3) is 11.3 Å². The number of aromatic nitrogens is 2. The van der Waals surface area contributed by atoms with Crippen molar-refractivity contribution < 1.29 is 14.7 Å². The third-order valence-corrected chi connectivity index (χ3v) is 4.83. The number of rotatable bonds is 7. The third-order valence-electron chi connectivity index (χ3n) is 4.83. The summed E-state index contributed by atoms with van der Waals surface area (Å²) >= 11 is 0. The summed E-state index contributed by atoms with van der Waals surface area (Å²) in [5.41, 5.74) is 0.309. The van der Waals surface area contributed by atoms with Crippen molar-refractivity contribution in [3.05, 3.63) is 93.9 Å². The molecule has 3 aromatic rings. The van der Waals surface area contributed by atoms with Gasteiger partial charge in [-0.25, -0.2) is 0 Å². The van der Waals surface area contributed by atoms with Gasteiger partial charge in [0.2, 0.25) is 0 Å². The van der Waals surface area contributed by atoms with Gasteiger partial charge in [-0.1, -0.05) is 60.7 Å². The Morgan fingerprint density at radius 3 is 2.03 bits per heavy atom. The van der Waals surface area contributed by atoms with Gasteiger partial charge in [0.15, 0.2) is 17.2 Å². The molecule has 2 aromatic carbocycles. The maximum absolute atomic E-state index is 13.4. The molecule has 30 heavy (non-hydrogen) atoms. The van der Waals surface area contributed by atoms with Crippen molar-refractivity contribution in [3.8, 4) is 5.75 Å². The number of ketones is 1. The Hall–Kier alpha value is -3.74. The molecular formula is C23H23N3O4. The van der Waals surface area contributed by atoms with E-state index in [1.54, 1.807) is 13.8 Å². The molecule has 0 fully saturated rings. The van der Waals surface area contributed by atoms with Crippen molar-refractivity contribution in [2.24, 2.45) is 0 Å². The minimum Gasteiger partial charge on any atom is -0.503 e. The van der Waals surface area contributed by atoms with Crippen LogP contribution in [0.1, 0.15) is 41.4 Å². The smallest absolute Gasteiger partial charge is 0.279 e. The van der Waals surface area contributed by atoms with Crippen LogP contribution in [-0.2, 0) is 4.79 Å². The van der Waals surface area contributed by atoms with Crippen molar-refractivity contribution in [2.45, 2.75) is 25.8 Å². The molecule has 2 N–H and O–H groups in total. The number of aromatic hydroxyl groups is 1. The van der Waals surface area contributed by atoms with Crippen molar-refractivity contribution in [1.29, 1.82) is 0 Å². The fraction of sp³-hybridized carbons (Fsp3) is 0.217. The first-order chi connectivity index (χ1) is 14.4. The van der Waals surface area contributed by atoms with Crippen molar-refractivity contribution in [3.63, 3.8) is 0 Å². The molecule has 1 aromatic heterocycles. The summed E-state index contributed by atoms with van der Waals surface area (Å²) in [5, 5.41) is 15.7. The first-order valence-electron chi connectivity index (χ1n) is 9.60. The molecule has 0 unspecified atom stereocenters. The summed E-state index contributed by atoms with van der Waals surface area (Å²) in [4.78, 5) is 39.8. The summed E-state index contributed by atoms with van der Waals surface area (Å²) in [5.74, 6) is -2.06. The minimum absolute atomic E-state index is 0.189. The minimum atomic E-state index is -0.875. The number of benzene rings is 2. The normalized spacial score (nSPS) is 10.9. The van der Waals surface area contributed by atoms with Gasteiger partial charge < -0.3 is 10.0 Å². The lowest BCUT2D eigenvalue weighted by Crippen LogP contribution is -2.44. The average Bonchev–Trinajstić information content (AvgIpc) is 2.75. The highest BCUT2D eigenvalue weighted by molar-refractivity contribution is 5.98. The van der Waals surface area contributed by atoms with Gasteiger partial charge in [-0.2, -0.15) is 5.10 Å². The standard InChI is InChI=1S/C23H23N3O4/c1-15(2)26(23(30)21-22(29)18(27)13-24-25-21)14-19(28)20(16-9-5-3-6-10-16)17-11-7-4-8-12-17/h3-13,15,20H,14H2,1-2H3,(H,24,29)(H,25,27). The first kappa shape index (κ1) is 21.0. The number of nitrogens with one attached hydrogen (secondary N) is 1. The Labute approximate surface area is 174 Å². The summed E-state index contributed by atoms with van der Waals surface area (Å²) in [6.07, 6.45) is 1.00. The summed E-state index contributed by atoms with van der Waals surface area (Å²) < 4.78 is 0. The number of H-pyrrole nitrogens is 1. The second-order valence-corrected chi connectivity index (χ2v) is 7.20. The quantitative estimate of drug-likeness (QED) is 0.629. The van der Waals surface area contributed by atoms with Gasteiger partial charge in [-0.3, -0.25) is 19.5 Å². The zero-order valence-corrected chi connectivity index (χ0v) is 16.8. The Morgan fingerprint density at radius 1 is 1.00 bits per heavy atom.